The van der Waals surface area contributed by atoms with Gasteiger partial charge in [0.2, 0.25) is 5.91 Å². The van der Waals surface area contributed by atoms with Gasteiger partial charge in [0, 0.05) is 50.2 Å². The van der Waals surface area contributed by atoms with Crippen LogP contribution in [-0.4, -0.2) is 51.1 Å². The van der Waals surface area contributed by atoms with Crippen LogP contribution in [0.15, 0.2) is 36.8 Å². The first-order valence-corrected chi connectivity index (χ1v) is 8.17. The molecule has 7 nitrogen and oxygen atoms in total. The number of piperidine rings is 1. The third-order valence-electron chi connectivity index (χ3n) is 5.04. The van der Waals surface area contributed by atoms with Gasteiger partial charge in [-0.1, -0.05) is 0 Å². The molecule has 0 aromatic carbocycles. The summed E-state index contributed by atoms with van der Waals surface area (Å²) in [5.74, 6) is 0.774. The zero-order valence-corrected chi connectivity index (χ0v) is 13.3. The summed E-state index contributed by atoms with van der Waals surface area (Å²) in [6, 6.07) is 5.32. The van der Waals surface area contributed by atoms with E-state index in [2.05, 4.69) is 15.4 Å². The van der Waals surface area contributed by atoms with Gasteiger partial charge in [0.1, 0.15) is 0 Å². The number of pyridine rings is 1. The Morgan fingerprint density at radius 1 is 1.25 bits per heavy atom. The second-order valence-corrected chi connectivity index (χ2v) is 6.60. The molecule has 0 unspecified atom stereocenters. The van der Waals surface area contributed by atoms with E-state index in [0.717, 1.165) is 19.4 Å². The van der Waals surface area contributed by atoms with E-state index < -0.39 is 0 Å². The Morgan fingerprint density at radius 3 is 2.75 bits per heavy atom. The van der Waals surface area contributed by atoms with E-state index in [4.69, 9.17) is 0 Å². The molecule has 0 saturated carbocycles. The fraction of sp³-hybridized carbons (Fsp3) is 0.412. The summed E-state index contributed by atoms with van der Waals surface area (Å²) >= 11 is 0. The van der Waals surface area contributed by atoms with Crippen molar-refractivity contribution in [1.82, 2.24) is 25.0 Å². The lowest BCUT2D eigenvalue weighted by Crippen LogP contribution is -2.44. The van der Waals surface area contributed by atoms with E-state index in [1.807, 2.05) is 11.0 Å². The maximum atomic E-state index is 12.8. The highest BCUT2D eigenvalue weighted by Gasteiger charge is 2.41. The zero-order chi connectivity index (χ0) is 16.6. The molecule has 0 aliphatic carbocycles. The topological polar surface area (TPSA) is 80.1 Å². The van der Waals surface area contributed by atoms with Crippen LogP contribution in [-0.2, 0) is 4.79 Å². The van der Waals surface area contributed by atoms with E-state index in [-0.39, 0.29) is 17.2 Å². The highest BCUT2D eigenvalue weighted by Crippen LogP contribution is 2.37. The molecule has 4 heterocycles. The first-order valence-electron chi connectivity index (χ1n) is 8.17. The molecular weight excluding hydrogens is 306 g/mol. The maximum Gasteiger partial charge on any atom is 0.254 e. The van der Waals surface area contributed by atoms with Gasteiger partial charge >= 0.3 is 0 Å². The summed E-state index contributed by atoms with van der Waals surface area (Å²) in [4.78, 5) is 30.4. The van der Waals surface area contributed by atoms with Crippen molar-refractivity contribution in [3.8, 4) is 5.82 Å². The van der Waals surface area contributed by atoms with Crippen molar-refractivity contribution >= 4 is 11.8 Å². The highest BCUT2D eigenvalue weighted by molar-refractivity contribution is 5.94. The average Bonchev–Trinajstić information content (AvgIpc) is 3.26. The number of nitrogens with zero attached hydrogens (tertiary/aromatic N) is 4. The van der Waals surface area contributed by atoms with Crippen LogP contribution in [0.4, 0.5) is 0 Å². The summed E-state index contributed by atoms with van der Waals surface area (Å²) in [6.45, 7) is 2.12. The van der Waals surface area contributed by atoms with E-state index >= 15 is 0 Å². The average molecular weight is 325 g/mol. The fourth-order valence-electron chi connectivity index (χ4n) is 3.55. The quantitative estimate of drug-likeness (QED) is 0.893. The minimum Gasteiger partial charge on any atom is -0.356 e. The summed E-state index contributed by atoms with van der Waals surface area (Å²) in [5, 5.41) is 7.06. The minimum atomic E-state index is 0.0120. The molecule has 7 heteroatoms. The molecule has 2 aromatic heterocycles. The number of rotatable bonds is 2. The Hall–Kier alpha value is -2.70. The van der Waals surface area contributed by atoms with Gasteiger partial charge in [0.15, 0.2) is 5.82 Å². The van der Waals surface area contributed by atoms with Crippen LogP contribution in [0.3, 0.4) is 0 Å². The molecule has 2 aromatic rings. The summed E-state index contributed by atoms with van der Waals surface area (Å²) in [5.41, 5.74) is 0.666. The normalized spacial score (nSPS) is 19.5. The molecule has 2 saturated heterocycles. The van der Waals surface area contributed by atoms with Crippen molar-refractivity contribution in [2.45, 2.75) is 19.3 Å². The van der Waals surface area contributed by atoms with Crippen LogP contribution in [0, 0.1) is 5.41 Å². The SMILES string of the molecule is O=C1CC2(CCN(C(=O)c3ccnc(-n4cccn4)c3)CC2)CN1. The van der Waals surface area contributed by atoms with E-state index in [1.54, 1.807) is 35.4 Å². The number of carbonyl (C=O) groups excluding carboxylic acids is 2. The predicted octanol–water partition coefficient (Wildman–Crippen LogP) is 1.01. The molecule has 0 radical (unpaired) electrons. The largest absolute Gasteiger partial charge is 0.356 e. The molecule has 2 aliphatic heterocycles. The highest BCUT2D eigenvalue weighted by atomic mass is 16.2. The van der Waals surface area contributed by atoms with Crippen molar-refractivity contribution in [3.63, 3.8) is 0 Å². The molecule has 24 heavy (non-hydrogen) atoms. The number of amides is 2. The number of carbonyl (C=O) groups is 2. The van der Waals surface area contributed by atoms with Crippen molar-refractivity contribution in [1.29, 1.82) is 0 Å². The van der Waals surface area contributed by atoms with Gasteiger partial charge in [-0.05, 0) is 36.5 Å². The Kier molecular flexibility index (Phi) is 3.55. The Bertz CT molecular complexity index is 763. The van der Waals surface area contributed by atoms with Crippen molar-refractivity contribution < 1.29 is 9.59 Å². The molecule has 2 fully saturated rings. The first-order chi connectivity index (χ1) is 11.7. The standard InChI is InChI=1S/C17H19N5O2/c23-15-11-17(12-19-15)3-8-21(9-4-17)16(24)13-2-6-18-14(10-13)22-7-1-5-20-22/h1-2,5-7,10H,3-4,8-9,11-12H2,(H,19,23). The minimum absolute atomic E-state index is 0.0120. The van der Waals surface area contributed by atoms with Crippen molar-refractivity contribution in [2.75, 3.05) is 19.6 Å². The lowest BCUT2D eigenvalue weighted by molar-refractivity contribution is -0.119. The molecule has 124 valence electrons. The molecular formula is C17H19N5O2. The van der Waals surface area contributed by atoms with E-state index in [9.17, 15) is 9.59 Å². The van der Waals surface area contributed by atoms with E-state index in [1.165, 1.54) is 0 Å². The second-order valence-electron chi connectivity index (χ2n) is 6.60. The smallest absolute Gasteiger partial charge is 0.254 e. The maximum absolute atomic E-state index is 12.8. The lowest BCUT2D eigenvalue weighted by atomic mass is 9.77. The third kappa shape index (κ3) is 2.66. The van der Waals surface area contributed by atoms with Gasteiger partial charge < -0.3 is 10.2 Å². The Balaban J connectivity index is 1.47. The monoisotopic (exact) mass is 325 g/mol. The van der Waals surface area contributed by atoms with Gasteiger partial charge in [0.25, 0.3) is 5.91 Å². The van der Waals surface area contributed by atoms with Gasteiger partial charge in [0.05, 0.1) is 0 Å². The molecule has 4 rings (SSSR count). The van der Waals surface area contributed by atoms with Gasteiger partial charge in [-0.15, -0.1) is 0 Å². The lowest BCUT2D eigenvalue weighted by Gasteiger charge is -2.38. The number of hydrogen-bond acceptors (Lipinski definition) is 4. The van der Waals surface area contributed by atoms with Crippen molar-refractivity contribution in [2.24, 2.45) is 5.41 Å². The summed E-state index contributed by atoms with van der Waals surface area (Å²) in [7, 11) is 0. The van der Waals surface area contributed by atoms with Crippen molar-refractivity contribution in [3.05, 3.63) is 42.4 Å². The van der Waals surface area contributed by atoms with Crippen LogP contribution in [0.1, 0.15) is 29.6 Å². The number of hydrogen-bond donors (Lipinski definition) is 1. The zero-order valence-electron chi connectivity index (χ0n) is 13.3. The van der Waals surface area contributed by atoms with Crippen LogP contribution < -0.4 is 5.32 Å². The Morgan fingerprint density at radius 2 is 2.08 bits per heavy atom. The predicted molar refractivity (Wildman–Crippen MR) is 86.6 cm³/mol. The summed E-state index contributed by atoms with van der Waals surface area (Å²) in [6.07, 6.45) is 7.44. The molecule has 0 bridgehead atoms. The molecule has 0 atom stereocenters. The molecule has 2 amide bonds. The van der Waals surface area contributed by atoms with Crippen LogP contribution >= 0.6 is 0 Å². The van der Waals surface area contributed by atoms with Crippen LogP contribution in [0.2, 0.25) is 0 Å². The van der Waals surface area contributed by atoms with Gasteiger partial charge in [-0.25, -0.2) is 9.67 Å². The second kappa shape index (κ2) is 5.74. The number of likely N-dealkylation sites (tertiary alicyclic amines) is 1. The fourth-order valence-corrected chi connectivity index (χ4v) is 3.55. The van der Waals surface area contributed by atoms with Crippen LogP contribution in [0.5, 0.6) is 0 Å². The number of aromatic nitrogens is 3. The molecule has 1 spiro atoms. The van der Waals surface area contributed by atoms with Gasteiger partial charge in [-0.2, -0.15) is 5.10 Å². The third-order valence-corrected chi connectivity index (χ3v) is 5.04. The van der Waals surface area contributed by atoms with Crippen LogP contribution in [0.25, 0.3) is 5.82 Å². The van der Waals surface area contributed by atoms with E-state index in [0.29, 0.717) is 30.9 Å². The summed E-state index contributed by atoms with van der Waals surface area (Å²) < 4.78 is 1.64. The first kappa shape index (κ1) is 14.9. The molecule has 1 N–H and O–H groups in total. The van der Waals surface area contributed by atoms with Gasteiger partial charge in [-0.3, -0.25) is 9.59 Å². The number of nitrogens with one attached hydrogen (secondary N) is 1. The molecule has 2 aliphatic rings. The Labute approximate surface area is 139 Å².